The second-order valence-corrected chi connectivity index (χ2v) is 7.53. The molecule has 164 valence electrons. The zero-order valence-electron chi connectivity index (χ0n) is 18.1. The molecule has 5 rings (SSSR count). The molecule has 0 aliphatic rings. The highest BCUT2D eigenvalue weighted by atomic mass is 16.5. The lowest BCUT2D eigenvalue weighted by Gasteiger charge is -2.16. The molecule has 0 radical (unpaired) electrons. The fourth-order valence-electron chi connectivity index (χ4n) is 4.05. The van der Waals surface area contributed by atoms with Crippen molar-refractivity contribution in [3.63, 3.8) is 0 Å². The molecule has 0 fully saturated rings. The Kier molecular flexibility index (Phi) is 5.06. The van der Waals surface area contributed by atoms with Crippen molar-refractivity contribution >= 4 is 33.4 Å². The van der Waals surface area contributed by atoms with E-state index in [1.165, 1.54) is 6.20 Å². The van der Waals surface area contributed by atoms with Gasteiger partial charge in [0, 0.05) is 45.3 Å². The number of carbonyl (C=O) groups excluding carboxylic acids is 1. The molecule has 3 N–H and O–H groups in total. The third kappa shape index (κ3) is 3.49. The number of carbonyl (C=O) groups is 1. The van der Waals surface area contributed by atoms with Gasteiger partial charge in [0.25, 0.3) is 5.91 Å². The van der Waals surface area contributed by atoms with Crippen LogP contribution in [0.3, 0.4) is 0 Å². The van der Waals surface area contributed by atoms with Gasteiger partial charge in [0.1, 0.15) is 5.56 Å². The molecule has 0 unspecified atom stereocenters. The number of aromatic amines is 2. The number of fused-ring (bicyclic) bond motifs is 2. The van der Waals surface area contributed by atoms with Crippen LogP contribution in [0.2, 0.25) is 0 Å². The van der Waals surface area contributed by atoms with Crippen LogP contribution in [-0.2, 0) is 0 Å². The van der Waals surface area contributed by atoms with Crippen molar-refractivity contribution in [3.8, 4) is 22.6 Å². The van der Waals surface area contributed by atoms with Gasteiger partial charge in [0.2, 0.25) is 5.43 Å². The molecule has 5 aromatic rings. The van der Waals surface area contributed by atoms with Gasteiger partial charge in [-0.3, -0.25) is 9.59 Å². The summed E-state index contributed by atoms with van der Waals surface area (Å²) in [4.78, 5) is 32.4. The number of para-hydroxylation sites is 2. The Morgan fingerprint density at radius 1 is 0.879 bits per heavy atom. The van der Waals surface area contributed by atoms with E-state index in [1.807, 2.05) is 48.7 Å². The molecule has 33 heavy (non-hydrogen) atoms. The highest BCUT2D eigenvalue weighted by Crippen LogP contribution is 2.42. The van der Waals surface area contributed by atoms with Crippen LogP contribution >= 0.6 is 0 Å². The number of aromatic nitrogens is 2. The molecule has 0 aliphatic heterocycles. The van der Waals surface area contributed by atoms with Gasteiger partial charge >= 0.3 is 0 Å². The van der Waals surface area contributed by atoms with Crippen LogP contribution in [0.5, 0.6) is 11.5 Å². The smallest absolute Gasteiger partial charge is 0.261 e. The second-order valence-electron chi connectivity index (χ2n) is 7.53. The van der Waals surface area contributed by atoms with Crippen LogP contribution in [0, 0.1) is 0 Å². The van der Waals surface area contributed by atoms with Crippen LogP contribution in [0.4, 0.5) is 5.69 Å². The van der Waals surface area contributed by atoms with Crippen molar-refractivity contribution in [3.05, 3.63) is 88.8 Å². The summed E-state index contributed by atoms with van der Waals surface area (Å²) in [6.45, 7) is 0. The first-order chi connectivity index (χ1) is 16.1. The topological polar surface area (TPSA) is 96.2 Å². The SMILES string of the molecule is COc1cccc(-c2cc3cc[nH]c3cc2NC(=O)c2c[nH]c3ccccc3c2=O)c1OC. The Balaban J connectivity index is 1.64. The monoisotopic (exact) mass is 439 g/mol. The number of hydrogen-bond donors (Lipinski definition) is 3. The van der Waals surface area contributed by atoms with Crippen molar-refractivity contribution in [2.45, 2.75) is 0 Å². The van der Waals surface area contributed by atoms with E-state index >= 15 is 0 Å². The fraction of sp³-hybridized carbons (Fsp3) is 0.0769. The minimum absolute atomic E-state index is 0.0313. The number of H-pyrrole nitrogens is 2. The highest BCUT2D eigenvalue weighted by molar-refractivity contribution is 6.09. The summed E-state index contributed by atoms with van der Waals surface area (Å²) in [5, 5.41) is 4.35. The third-order valence-electron chi connectivity index (χ3n) is 5.67. The molecule has 0 atom stereocenters. The van der Waals surface area contributed by atoms with Gasteiger partial charge < -0.3 is 24.8 Å². The van der Waals surface area contributed by atoms with E-state index in [-0.39, 0.29) is 11.0 Å². The lowest BCUT2D eigenvalue weighted by Crippen LogP contribution is -2.22. The number of rotatable bonds is 5. The molecule has 0 saturated carbocycles. The van der Waals surface area contributed by atoms with E-state index in [0.29, 0.717) is 28.1 Å². The zero-order chi connectivity index (χ0) is 22.9. The Labute approximate surface area is 189 Å². The van der Waals surface area contributed by atoms with Gasteiger partial charge in [-0.1, -0.05) is 24.3 Å². The van der Waals surface area contributed by atoms with Crippen molar-refractivity contribution in [2.24, 2.45) is 0 Å². The predicted octanol–water partition coefficient (Wildman–Crippen LogP) is 4.95. The first-order valence-electron chi connectivity index (χ1n) is 10.3. The van der Waals surface area contributed by atoms with Crippen LogP contribution in [0.15, 0.2) is 77.9 Å². The van der Waals surface area contributed by atoms with Crippen molar-refractivity contribution < 1.29 is 14.3 Å². The average Bonchev–Trinajstić information content (AvgIpc) is 3.30. The normalized spacial score (nSPS) is 11.0. The molecule has 3 aromatic carbocycles. The van der Waals surface area contributed by atoms with Crippen LogP contribution in [0.1, 0.15) is 10.4 Å². The maximum absolute atomic E-state index is 13.2. The number of methoxy groups -OCH3 is 2. The highest BCUT2D eigenvalue weighted by Gasteiger charge is 2.19. The zero-order valence-corrected chi connectivity index (χ0v) is 18.1. The van der Waals surface area contributed by atoms with Crippen LogP contribution in [0.25, 0.3) is 32.9 Å². The third-order valence-corrected chi connectivity index (χ3v) is 5.67. The van der Waals surface area contributed by atoms with Gasteiger partial charge in [-0.15, -0.1) is 0 Å². The molecular formula is C26H21N3O4. The summed E-state index contributed by atoms with van der Waals surface area (Å²) >= 11 is 0. The lowest BCUT2D eigenvalue weighted by molar-refractivity contribution is 0.102. The van der Waals surface area contributed by atoms with Gasteiger partial charge in [0.05, 0.1) is 19.9 Å². The van der Waals surface area contributed by atoms with Crippen LogP contribution < -0.4 is 20.2 Å². The summed E-state index contributed by atoms with van der Waals surface area (Å²) in [7, 11) is 3.15. The molecule has 0 bridgehead atoms. The maximum Gasteiger partial charge on any atom is 0.261 e. The van der Waals surface area contributed by atoms with Gasteiger partial charge in [-0.05, 0) is 36.4 Å². The van der Waals surface area contributed by atoms with E-state index in [1.54, 1.807) is 32.4 Å². The average molecular weight is 439 g/mol. The number of benzene rings is 3. The standard InChI is InChI=1S/C26H21N3O4/c1-32-23-9-5-7-16(25(23)33-2)18-12-15-10-11-27-21(15)13-22(18)29-26(31)19-14-28-20-8-4-3-6-17(20)24(19)30/h3-14,27H,1-2H3,(H,28,30)(H,29,31). The number of ether oxygens (including phenoxy) is 2. The van der Waals surface area contributed by atoms with E-state index in [0.717, 1.165) is 22.0 Å². The first-order valence-corrected chi connectivity index (χ1v) is 10.3. The fourth-order valence-corrected chi connectivity index (χ4v) is 4.05. The van der Waals surface area contributed by atoms with E-state index in [9.17, 15) is 9.59 Å². The summed E-state index contributed by atoms with van der Waals surface area (Å²) in [6, 6.07) is 18.4. The summed E-state index contributed by atoms with van der Waals surface area (Å²) in [6.07, 6.45) is 3.27. The van der Waals surface area contributed by atoms with Crippen LogP contribution in [-0.4, -0.2) is 30.1 Å². The summed E-state index contributed by atoms with van der Waals surface area (Å²) < 4.78 is 11.1. The van der Waals surface area contributed by atoms with E-state index < -0.39 is 5.91 Å². The van der Waals surface area contributed by atoms with E-state index in [2.05, 4.69) is 15.3 Å². The molecule has 7 nitrogen and oxygen atoms in total. The van der Waals surface area contributed by atoms with E-state index in [4.69, 9.17) is 9.47 Å². The molecule has 0 aliphatic carbocycles. The molecule has 1 amide bonds. The van der Waals surface area contributed by atoms with Gasteiger partial charge in [-0.2, -0.15) is 0 Å². The number of hydrogen-bond acceptors (Lipinski definition) is 4. The van der Waals surface area contributed by atoms with Crippen molar-refractivity contribution in [1.82, 2.24) is 9.97 Å². The molecule has 0 spiro atoms. The molecule has 2 heterocycles. The van der Waals surface area contributed by atoms with Gasteiger partial charge in [0.15, 0.2) is 11.5 Å². The predicted molar refractivity (Wildman–Crippen MR) is 129 cm³/mol. The molecule has 0 saturated heterocycles. The van der Waals surface area contributed by atoms with Crippen molar-refractivity contribution in [1.29, 1.82) is 0 Å². The summed E-state index contributed by atoms with van der Waals surface area (Å²) in [5.41, 5.74) is 3.25. The quantitative estimate of drug-likeness (QED) is 0.361. The van der Waals surface area contributed by atoms with Gasteiger partial charge in [-0.25, -0.2) is 0 Å². The minimum atomic E-state index is -0.504. The Bertz CT molecular complexity index is 1570. The maximum atomic E-state index is 13.2. The minimum Gasteiger partial charge on any atom is -0.493 e. The second kappa shape index (κ2) is 8.20. The Morgan fingerprint density at radius 2 is 1.73 bits per heavy atom. The number of nitrogens with one attached hydrogen (secondary N) is 3. The number of anilines is 1. The number of amides is 1. The number of pyridine rings is 1. The Hall–Kier alpha value is -4.52. The largest absolute Gasteiger partial charge is 0.493 e. The first kappa shape index (κ1) is 20.4. The molecule has 7 heteroatoms. The Morgan fingerprint density at radius 3 is 2.55 bits per heavy atom. The summed E-state index contributed by atoms with van der Waals surface area (Å²) in [5.74, 6) is 0.623. The molecule has 2 aromatic heterocycles. The van der Waals surface area contributed by atoms with Crippen molar-refractivity contribution in [2.75, 3.05) is 19.5 Å². The molecular weight excluding hydrogens is 418 g/mol. The lowest BCUT2D eigenvalue weighted by atomic mass is 9.99.